The van der Waals surface area contributed by atoms with Gasteiger partial charge in [0.1, 0.15) is 0 Å². The fourth-order valence-corrected chi connectivity index (χ4v) is 3.65. The summed E-state index contributed by atoms with van der Waals surface area (Å²) in [5.41, 5.74) is 4.62. The largest absolute Gasteiger partial charge is 0.346 e. The van der Waals surface area contributed by atoms with Gasteiger partial charge in [0.15, 0.2) is 0 Å². The summed E-state index contributed by atoms with van der Waals surface area (Å²) in [5, 5.41) is 5.06. The number of carbonyl (C=O) groups is 1. The molecule has 2 heterocycles. The average molecular weight is 355 g/mol. The van der Waals surface area contributed by atoms with Crippen molar-refractivity contribution in [3.05, 3.63) is 76.5 Å². The molecular formula is C18H17N3OS2. The predicted octanol–water partition coefficient (Wildman–Crippen LogP) is 4.32. The Morgan fingerprint density at radius 2 is 1.96 bits per heavy atom. The molecule has 122 valence electrons. The number of carbonyl (C=O) groups excluding carboxylic acids is 1. The first-order valence-corrected chi connectivity index (χ1v) is 9.46. The van der Waals surface area contributed by atoms with Crippen LogP contribution < -0.4 is 5.32 Å². The molecule has 3 aromatic rings. The van der Waals surface area contributed by atoms with E-state index in [1.165, 1.54) is 0 Å². The van der Waals surface area contributed by atoms with Crippen LogP contribution in [0.15, 0.2) is 64.6 Å². The standard InChI is InChI=1S/C18H17N3OS2/c1-13(14-6-8-19-9-7-14)21-18(22)15-2-4-17(5-3-15)24-11-16-10-23-12-20-16/h2-10,12-13H,11H2,1H3,(H,21,22)/t13-/m0/s1. The first-order chi connectivity index (χ1) is 11.7. The normalized spacial score (nSPS) is 11.9. The van der Waals surface area contributed by atoms with E-state index >= 15 is 0 Å². The third kappa shape index (κ3) is 4.43. The van der Waals surface area contributed by atoms with E-state index in [0.29, 0.717) is 5.56 Å². The summed E-state index contributed by atoms with van der Waals surface area (Å²) in [5.74, 6) is 0.768. The van der Waals surface area contributed by atoms with Gasteiger partial charge < -0.3 is 5.32 Å². The number of thiazole rings is 1. The van der Waals surface area contributed by atoms with Crippen LogP contribution in [0.25, 0.3) is 0 Å². The molecule has 0 radical (unpaired) electrons. The average Bonchev–Trinajstić information content (AvgIpc) is 3.14. The van der Waals surface area contributed by atoms with Gasteiger partial charge in [0.25, 0.3) is 5.91 Å². The van der Waals surface area contributed by atoms with Gasteiger partial charge in [-0.15, -0.1) is 23.1 Å². The van der Waals surface area contributed by atoms with Gasteiger partial charge in [0.05, 0.1) is 17.2 Å². The molecule has 1 atom stereocenters. The first-order valence-electron chi connectivity index (χ1n) is 7.53. The third-order valence-corrected chi connectivity index (χ3v) is 5.22. The molecule has 0 aliphatic heterocycles. The predicted molar refractivity (Wildman–Crippen MR) is 98.2 cm³/mol. The summed E-state index contributed by atoms with van der Waals surface area (Å²) in [7, 11) is 0. The summed E-state index contributed by atoms with van der Waals surface area (Å²) in [6.07, 6.45) is 3.46. The van der Waals surface area contributed by atoms with Gasteiger partial charge in [0, 0.05) is 34.0 Å². The smallest absolute Gasteiger partial charge is 0.251 e. The van der Waals surface area contributed by atoms with Crippen LogP contribution >= 0.6 is 23.1 Å². The van der Waals surface area contributed by atoms with Crippen molar-refractivity contribution in [2.45, 2.75) is 23.6 Å². The Morgan fingerprint density at radius 3 is 2.62 bits per heavy atom. The van der Waals surface area contributed by atoms with Crippen molar-refractivity contribution in [2.75, 3.05) is 0 Å². The second-order valence-corrected chi connectivity index (χ2v) is 7.04. The molecule has 0 spiro atoms. The summed E-state index contributed by atoms with van der Waals surface area (Å²) in [6, 6.07) is 11.4. The Labute approximate surface area is 149 Å². The zero-order valence-electron chi connectivity index (χ0n) is 13.2. The number of amides is 1. The Hall–Kier alpha value is -2.18. The van der Waals surface area contributed by atoms with Crippen molar-refractivity contribution in [3.8, 4) is 0 Å². The van der Waals surface area contributed by atoms with Gasteiger partial charge in [-0.3, -0.25) is 9.78 Å². The van der Waals surface area contributed by atoms with Crippen molar-refractivity contribution in [1.82, 2.24) is 15.3 Å². The van der Waals surface area contributed by atoms with E-state index in [-0.39, 0.29) is 11.9 Å². The molecule has 1 N–H and O–H groups in total. The molecule has 0 saturated carbocycles. The van der Waals surface area contributed by atoms with Crippen molar-refractivity contribution >= 4 is 29.0 Å². The Morgan fingerprint density at radius 1 is 1.21 bits per heavy atom. The van der Waals surface area contributed by atoms with Crippen molar-refractivity contribution in [1.29, 1.82) is 0 Å². The van der Waals surface area contributed by atoms with E-state index < -0.39 is 0 Å². The lowest BCUT2D eigenvalue weighted by molar-refractivity contribution is 0.0940. The Balaban J connectivity index is 1.57. The minimum Gasteiger partial charge on any atom is -0.346 e. The number of benzene rings is 1. The Bertz CT molecular complexity index is 774. The van der Waals surface area contributed by atoms with Crippen LogP contribution in [0.3, 0.4) is 0 Å². The van der Waals surface area contributed by atoms with Gasteiger partial charge in [-0.2, -0.15) is 0 Å². The third-order valence-electron chi connectivity index (χ3n) is 3.54. The first kappa shape index (κ1) is 16.7. The van der Waals surface area contributed by atoms with Crippen LogP contribution in [-0.4, -0.2) is 15.9 Å². The number of nitrogens with one attached hydrogen (secondary N) is 1. The number of pyridine rings is 1. The summed E-state index contributed by atoms with van der Waals surface area (Å²) in [4.78, 5) is 21.7. The molecule has 0 aliphatic carbocycles. The molecule has 4 nitrogen and oxygen atoms in total. The van der Waals surface area contributed by atoms with Gasteiger partial charge in [0.2, 0.25) is 0 Å². The molecule has 6 heteroatoms. The molecule has 1 amide bonds. The van der Waals surface area contributed by atoms with Gasteiger partial charge >= 0.3 is 0 Å². The highest BCUT2D eigenvalue weighted by Gasteiger charge is 2.11. The van der Waals surface area contributed by atoms with E-state index in [1.807, 2.05) is 48.8 Å². The molecule has 0 unspecified atom stereocenters. The molecule has 24 heavy (non-hydrogen) atoms. The zero-order valence-corrected chi connectivity index (χ0v) is 14.8. The van der Waals surface area contributed by atoms with Crippen molar-refractivity contribution in [3.63, 3.8) is 0 Å². The van der Waals surface area contributed by atoms with Crippen LogP contribution in [0.5, 0.6) is 0 Å². The van der Waals surface area contributed by atoms with Gasteiger partial charge in [-0.1, -0.05) is 0 Å². The highest BCUT2D eigenvalue weighted by Crippen LogP contribution is 2.23. The molecule has 0 saturated heterocycles. The zero-order chi connectivity index (χ0) is 16.8. The van der Waals surface area contributed by atoms with E-state index in [9.17, 15) is 4.79 Å². The molecule has 1 aromatic carbocycles. The van der Waals surface area contributed by atoms with Crippen LogP contribution in [-0.2, 0) is 5.75 Å². The Kier molecular flexibility index (Phi) is 5.61. The lowest BCUT2D eigenvalue weighted by atomic mass is 10.1. The monoisotopic (exact) mass is 355 g/mol. The second kappa shape index (κ2) is 8.08. The quantitative estimate of drug-likeness (QED) is 0.669. The number of rotatable bonds is 6. The fraction of sp³-hybridized carbons (Fsp3) is 0.167. The fourth-order valence-electron chi connectivity index (χ4n) is 2.18. The molecule has 3 rings (SSSR count). The summed E-state index contributed by atoms with van der Waals surface area (Å²) in [6.45, 7) is 1.96. The van der Waals surface area contributed by atoms with Crippen LogP contribution in [0.4, 0.5) is 0 Å². The minimum atomic E-state index is -0.0737. The van der Waals surface area contributed by atoms with Crippen LogP contribution in [0.1, 0.15) is 34.6 Å². The van der Waals surface area contributed by atoms with E-state index in [0.717, 1.165) is 21.9 Å². The van der Waals surface area contributed by atoms with Crippen LogP contribution in [0, 0.1) is 0 Å². The van der Waals surface area contributed by atoms with Crippen LogP contribution in [0.2, 0.25) is 0 Å². The second-order valence-electron chi connectivity index (χ2n) is 5.27. The minimum absolute atomic E-state index is 0.0563. The SMILES string of the molecule is C[C@H](NC(=O)c1ccc(SCc2cscn2)cc1)c1ccncc1. The van der Waals surface area contributed by atoms with Gasteiger partial charge in [-0.25, -0.2) is 4.98 Å². The number of nitrogens with zero attached hydrogens (tertiary/aromatic N) is 2. The molecule has 2 aromatic heterocycles. The molecule has 0 fully saturated rings. The van der Waals surface area contributed by atoms with E-state index in [1.54, 1.807) is 35.5 Å². The molecule has 0 aliphatic rings. The molecule has 0 bridgehead atoms. The number of thioether (sulfide) groups is 1. The highest BCUT2D eigenvalue weighted by atomic mass is 32.2. The van der Waals surface area contributed by atoms with E-state index in [4.69, 9.17) is 0 Å². The summed E-state index contributed by atoms with van der Waals surface area (Å²) >= 11 is 3.32. The van der Waals surface area contributed by atoms with Crippen molar-refractivity contribution < 1.29 is 4.79 Å². The number of hydrogen-bond donors (Lipinski definition) is 1. The maximum absolute atomic E-state index is 12.3. The lowest BCUT2D eigenvalue weighted by Gasteiger charge is -2.14. The topological polar surface area (TPSA) is 54.9 Å². The van der Waals surface area contributed by atoms with E-state index in [2.05, 4.69) is 20.7 Å². The number of aromatic nitrogens is 2. The maximum Gasteiger partial charge on any atom is 0.251 e. The lowest BCUT2D eigenvalue weighted by Crippen LogP contribution is -2.26. The maximum atomic E-state index is 12.3. The molecular weight excluding hydrogens is 338 g/mol. The summed E-state index contributed by atoms with van der Waals surface area (Å²) < 4.78 is 0. The highest BCUT2D eigenvalue weighted by molar-refractivity contribution is 7.98. The van der Waals surface area contributed by atoms with Gasteiger partial charge in [-0.05, 0) is 48.9 Å². The van der Waals surface area contributed by atoms with Crippen molar-refractivity contribution in [2.24, 2.45) is 0 Å². The number of hydrogen-bond acceptors (Lipinski definition) is 5.